The molecule has 0 aliphatic rings. The van der Waals surface area contributed by atoms with Gasteiger partial charge in [-0.1, -0.05) is 39.0 Å². The Morgan fingerprint density at radius 3 is 1.13 bits per heavy atom. The zero-order valence-electron chi connectivity index (χ0n) is 19.9. The van der Waals surface area contributed by atoms with Gasteiger partial charge in [-0.2, -0.15) is 0 Å². The Bertz CT molecular complexity index is 303. The Hall–Kier alpha value is -0.280. The molecule has 0 aliphatic heterocycles. The van der Waals surface area contributed by atoms with Crippen molar-refractivity contribution in [2.45, 2.75) is 65.4 Å². The van der Waals surface area contributed by atoms with Gasteiger partial charge in [-0.15, -0.1) is 0 Å². The van der Waals surface area contributed by atoms with Gasteiger partial charge in [0.15, 0.2) is 0 Å². The average molecular weight is 437 g/mol. The highest BCUT2D eigenvalue weighted by atomic mass is 16.6. The zero-order valence-corrected chi connectivity index (χ0v) is 19.9. The minimum atomic E-state index is 0.248. The van der Waals surface area contributed by atoms with Crippen LogP contribution in [0.25, 0.3) is 0 Å². The lowest BCUT2D eigenvalue weighted by Crippen LogP contribution is -2.15. The van der Waals surface area contributed by atoms with Crippen molar-refractivity contribution >= 4 is 0 Å². The second-order valence-electron chi connectivity index (χ2n) is 7.36. The van der Waals surface area contributed by atoms with E-state index in [4.69, 9.17) is 33.2 Å². The van der Waals surface area contributed by atoms with Crippen LogP contribution in [0.1, 0.15) is 59.3 Å². The van der Waals surface area contributed by atoms with Crippen LogP contribution in [0.2, 0.25) is 0 Å². The molecule has 0 bridgehead atoms. The monoisotopic (exact) mass is 436 g/mol. The lowest BCUT2D eigenvalue weighted by Gasteiger charge is -2.09. The van der Waals surface area contributed by atoms with Crippen molar-refractivity contribution in [3.63, 3.8) is 0 Å². The largest absolute Gasteiger partial charge is 0.379 e. The first-order valence-corrected chi connectivity index (χ1v) is 11.9. The molecule has 0 heterocycles. The van der Waals surface area contributed by atoms with Crippen LogP contribution in [0, 0.1) is 0 Å². The molecule has 30 heavy (non-hydrogen) atoms. The van der Waals surface area contributed by atoms with Gasteiger partial charge < -0.3 is 33.2 Å². The molecule has 0 aliphatic carbocycles. The van der Waals surface area contributed by atoms with Crippen LogP contribution in [0.4, 0.5) is 0 Å². The van der Waals surface area contributed by atoms with Gasteiger partial charge >= 0.3 is 0 Å². The van der Waals surface area contributed by atoms with E-state index in [0.29, 0.717) is 79.3 Å². The molecule has 0 fully saturated rings. The van der Waals surface area contributed by atoms with Gasteiger partial charge in [0, 0.05) is 6.61 Å². The fourth-order valence-electron chi connectivity index (χ4n) is 2.53. The quantitative estimate of drug-likeness (QED) is 0.191. The van der Waals surface area contributed by atoms with Gasteiger partial charge in [-0.05, 0) is 20.3 Å². The van der Waals surface area contributed by atoms with Gasteiger partial charge in [0.1, 0.15) is 0 Å². The first-order valence-electron chi connectivity index (χ1n) is 11.9. The minimum absolute atomic E-state index is 0.248. The summed E-state index contributed by atoms with van der Waals surface area (Å²) < 4.78 is 38.2. The Labute approximate surface area is 185 Å². The number of hydrogen-bond donors (Lipinski definition) is 0. The summed E-state index contributed by atoms with van der Waals surface area (Å²) in [6.45, 7) is 14.2. The van der Waals surface area contributed by atoms with E-state index in [9.17, 15) is 0 Å². The van der Waals surface area contributed by atoms with Crippen molar-refractivity contribution in [3.8, 4) is 0 Å². The molecular weight excluding hydrogens is 388 g/mol. The molecule has 7 heteroatoms. The molecule has 0 N–H and O–H groups in total. The molecule has 0 aromatic rings. The minimum Gasteiger partial charge on any atom is -0.379 e. The maximum absolute atomic E-state index is 5.56. The van der Waals surface area contributed by atoms with E-state index in [1.807, 2.05) is 13.8 Å². The molecule has 0 amide bonds. The van der Waals surface area contributed by atoms with Crippen LogP contribution in [-0.4, -0.2) is 92.0 Å². The van der Waals surface area contributed by atoms with Gasteiger partial charge in [0.2, 0.25) is 0 Å². The molecule has 182 valence electrons. The SMILES string of the molecule is CCCCCCCCOCCOCCOCCOCCOCCOCCOC(C)C. The molecule has 0 unspecified atom stereocenters. The molecule has 0 radical (unpaired) electrons. The van der Waals surface area contributed by atoms with E-state index < -0.39 is 0 Å². The summed E-state index contributed by atoms with van der Waals surface area (Å²) in [4.78, 5) is 0. The van der Waals surface area contributed by atoms with Crippen LogP contribution in [0.15, 0.2) is 0 Å². The second kappa shape index (κ2) is 26.8. The van der Waals surface area contributed by atoms with E-state index in [1.165, 1.54) is 32.1 Å². The molecule has 0 atom stereocenters. The number of hydrogen-bond acceptors (Lipinski definition) is 7. The number of ether oxygens (including phenoxy) is 7. The van der Waals surface area contributed by atoms with Crippen molar-refractivity contribution in [2.75, 3.05) is 85.9 Å². The van der Waals surface area contributed by atoms with Crippen LogP contribution in [0.5, 0.6) is 0 Å². The van der Waals surface area contributed by atoms with Crippen LogP contribution < -0.4 is 0 Å². The molecule has 7 nitrogen and oxygen atoms in total. The maximum Gasteiger partial charge on any atom is 0.0703 e. The van der Waals surface area contributed by atoms with E-state index in [1.54, 1.807) is 0 Å². The van der Waals surface area contributed by atoms with Crippen molar-refractivity contribution in [3.05, 3.63) is 0 Å². The van der Waals surface area contributed by atoms with Crippen molar-refractivity contribution < 1.29 is 33.2 Å². The van der Waals surface area contributed by atoms with E-state index >= 15 is 0 Å². The summed E-state index contributed by atoms with van der Waals surface area (Å²) in [7, 11) is 0. The normalized spacial score (nSPS) is 11.6. The summed E-state index contributed by atoms with van der Waals surface area (Å²) in [6.07, 6.45) is 7.99. The molecular formula is C23H48O7. The third-order valence-electron chi connectivity index (χ3n) is 4.18. The lowest BCUT2D eigenvalue weighted by molar-refractivity contribution is -0.0238. The topological polar surface area (TPSA) is 64.6 Å². The first-order chi connectivity index (χ1) is 14.8. The highest BCUT2D eigenvalue weighted by Crippen LogP contribution is 2.04. The molecule has 0 aromatic heterocycles. The van der Waals surface area contributed by atoms with Crippen LogP contribution >= 0.6 is 0 Å². The second-order valence-corrected chi connectivity index (χ2v) is 7.36. The van der Waals surface area contributed by atoms with Crippen molar-refractivity contribution in [2.24, 2.45) is 0 Å². The number of rotatable bonds is 26. The fraction of sp³-hybridized carbons (Fsp3) is 1.00. The predicted molar refractivity (Wildman–Crippen MR) is 119 cm³/mol. The molecule has 0 saturated carbocycles. The average Bonchev–Trinajstić information content (AvgIpc) is 2.73. The summed E-state index contributed by atoms with van der Waals surface area (Å²) in [5.41, 5.74) is 0. The third-order valence-corrected chi connectivity index (χ3v) is 4.18. The molecule has 0 spiro atoms. The summed E-state index contributed by atoms with van der Waals surface area (Å²) >= 11 is 0. The Balaban J connectivity index is 2.99. The standard InChI is InChI=1S/C23H48O7/c1-4-5-6-7-8-9-10-24-11-12-25-13-14-26-15-16-27-17-18-28-19-20-29-21-22-30-23(2)3/h23H,4-22H2,1-3H3. The first kappa shape index (κ1) is 29.7. The highest BCUT2D eigenvalue weighted by molar-refractivity contribution is 4.43. The fourth-order valence-corrected chi connectivity index (χ4v) is 2.53. The Kier molecular flexibility index (Phi) is 26.5. The highest BCUT2D eigenvalue weighted by Gasteiger charge is 1.96. The predicted octanol–water partition coefficient (Wildman–Crippen LogP) is 3.87. The van der Waals surface area contributed by atoms with Crippen molar-refractivity contribution in [1.29, 1.82) is 0 Å². The van der Waals surface area contributed by atoms with E-state index in [2.05, 4.69) is 6.92 Å². The third kappa shape index (κ3) is 27.7. The van der Waals surface area contributed by atoms with Gasteiger partial charge in [0.05, 0.1) is 85.4 Å². The zero-order chi connectivity index (χ0) is 22.0. The van der Waals surface area contributed by atoms with Crippen LogP contribution in [0.3, 0.4) is 0 Å². The van der Waals surface area contributed by atoms with Gasteiger partial charge in [0.25, 0.3) is 0 Å². The summed E-state index contributed by atoms with van der Waals surface area (Å²) in [6, 6.07) is 0. The number of unbranched alkanes of at least 4 members (excludes halogenated alkanes) is 5. The molecule has 0 saturated heterocycles. The lowest BCUT2D eigenvalue weighted by atomic mass is 10.1. The Morgan fingerprint density at radius 1 is 0.400 bits per heavy atom. The van der Waals surface area contributed by atoms with Crippen molar-refractivity contribution in [1.82, 2.24) is 0 Å². The molecule has 0 aromatic carbocycles. The smallest absolute Gasteiger partial charge is 0.0703 e. The summed E-state index contributed by atoms with van der Waals surface area (Å²) in [5, 5.41) is 0. The van der Waals surface area contributed by atoms with Gasteiger partial charge in [-0.3, -0.25) is 0 Å². The van der Waals surface area contributed by atoms with E-state index in [-0.39, 0.29) is 6.10 Å². The summed E-state index contributed by atoms with van der Waals surface area (Å²) in [5.74, 6) is 0. The van der Waals surface area contributed by atoms with Crippen LogP contribution in [-0.2, 0) is 33.2 Å². The maximum atomic E-state index is 5.56. The Morgan fingerprint density at radius 2 is 0.733 bits per heavy atom. The van der Waals surface area contributed by atoms with Gasteiger partial charge in [-0.25, -0.2) is 0 Å². The molecule has 0 rings (SSSR count). The van der Waals surface area contributed by atoms with E-state index in [0.717, 1.165) is 13.0 Å².